The van der Waals surface area contributed by atoms with Crippen LogP contribution in [-0.4, -0.2) is 19.0 Å². The second kappa shape index (κ2) is 8.52. The van der Waals surface area contributed by atoms with E-state index >= 15 is 0 Å². The van der Waals surface area contributed by atoms with Crippen molar-refractivity contribution in [3.63, 3.8) is 0 Å². The third-order valence-corrected chi connectivity index (χ3v) is 4.67. The third-order valence-electron chi connectivity index (χ3n) is 4.67. The largest absolute Gasteiger partial charge is 0.372 e. The van der Waals surface area contributed by atoms with Crippen LogP contribution in [0.5, 0.6) is 0 Å². The van der Waals surface area contributed by atoms with Gasteiger partial charge in [-0.3, -0.25) is 4.79 Å². The molecule has 0 aromatic heterocycles. The number of nitrogens with zero attached hydrogens (tertiary/aromatic N) is 1. The number of nitrogens with one attached hydrogen (secondary N) is 1. The Kier molecular flexibility index (Phi) is 5.89. The van der Waals surface area contributed by atoms with Crippen molar-refractivity contribution in [1.82, 2.24) is 0 Å². The fraction of sp³-hybridized carbons (Fsp3) is 0.318. The van der Waals surface area contributed by atoms with Crippen LogP contribution in [0.15, 0.2) is 54.6 Å². The van der Waals surface area contributed by atoms with Crippen LogP contribution >= 0.6 is 0 Å². The highest BCUT2D eigenvalue weighted by Gasteiger charge is 2.10. The maximum absolute atomic E-state index is 12.1. The molecule has 0 spiro atoms. The summed E-state index contributed by atoms with van der Waals surface area (Å²) in [5.41, 5.74) is 4.41. The number of carbonyl (C=O) groups is 1. The molecule has 1 saturated heterocycles. The van der Waals surface area contributed by atoms with Crippen molar-refractivity contribution in [3.05, 3.63) is 65.7 Å². The average Bonchev–Trinajstić information content (AvgIpc) is 2.68. The molecule has 0 bridgehead atoms. The summed E-state index contributed by atoms with van der Waals surface area (Å²) in [6, 6.07) is 16.4. The summed E-state index contributed by atoms with van der Waals surface area (Å²) in [5.74, 6) is -0.106. The molecule has 3 heteroatoms. The van der Waals surface area contributed by atoms with E-state index in [1.807, 2.05) is 30.3 Å². The lowest BCUT2D eigenvalue weighted by Crippen LogP contribution is -2.29. The van der Waals surface area contributed by atoms with E-state index in [2.05, 4.69) is 41.4 Å². The number of benzene rings is 2. The van der Waals surface area contributed by atoms with Crippen molar-refractivity contribution in [2.75, 3.05) is 23.3 Å². The standard InChI is InChI=1S/C22H26N2O/c1-2-18-6-8-19(9-7-18)10-15-22(25)23-20-11-13-21(14-12-20)24-16-4-3-5-17-24/h6-15H,2-5,16-17H2,1H3,(H,23,25)/b15-10+. The van der Waals surface area contributed by atoms with Gasteiger partial charge in [-0.25, -0.2) is 0 Å². The summed E-state index contributed by atoms with van der Waals surface area (Å²) in [4.78, 5) is 14.5. The first-order valence-corrected chi connectivity index (χ1v) is 9.17. The van der Waals surface area contributed by atoms with Crippen LogP contribution in [-0.2, 0) is 11.2 Å². The average molecular weight is 334 g/mol. The number of hydrogen-bond acceptors (Lipinski definition) is 2. The van der Waals surface area contributed by atoms with Gasteiger partial charge in [0.05, 0.1) is 0 Å². The minimum absolute atomic E-state index is 0.106. The zero-order valence-corrected chi connectivity index (χ0v) is 14.9. The Bertz CT molecular complexity index is 711. The van der Waals surface area contributed by atoms with E-state index in [1.54, 1.807) is 6.08 Å². The second-order valence-electron chi connectivity index (χ2n) is 6.51. The van der Waals surface area contributed by atoms with Gasteiger partial charge in [-0.1, -0.05) is 31.2 Å². The highest BCUT2D eigenvalue weighted by Crippen LogP contribution is 2.21. The molecule has 3 rings (SSSR count). The van der Waals surface area contributed by atoms with Crippen molar-refractivity contribution in [2.45, 2.75) is 32.6 Å². The smallest absolute Gasteiger partial charge is 0.248 e. The molecule has 2 aromatic rings. The van der Waals surface area contributed by atoms with Gasteiger partial charge in [0, 0.05) is 30.5 Å². The normalized spacial score (nSPS) is 14.7. The fourth-order valence-electron chi connectivity index (χ4n) is 3.13. The van der Waals surface area contributed by atoms with E-state index in [1.165, 1.54) is 30.5 Å². The molecular weight excluding hydrogens is 308 g/mol. The second-order valence-corrected chi connectivity index (χ2v) is 6.51. The SMILES string of the molecule is CCc1ccc(/C=C/C(=O)Nc2ccc(N3CCCCC3)cc2)cc1. The Labute approximate surface area is 150 Å². The van der Waals surface area contributed by atoms with Crippen LogP contribution in [0.2, 0.25) is 0 Å². The molecule has 130 valence electrons. The minimum Gasteiger partial charge on any atom is -0.372 e. The molecule has 1 N–H and O–H groups in total. The first kappa shape index (κ1) is 17.3. The van der Waals surface area contributed by atoms with Gasteiger partial charge in [-0.2, -0.15) is 0 Å². The van der Waals surface area contributed by atoms with E-state index in [0.717, 1.165) is 30.8 Å². The quantitative estimate of drug-likeness (QED) is 0.790. The number of piperidine rings is 1. The molecule has 25 heavy (non-hydrogen) atoms. The molecule has 0 unspecified atom stereocenters. The van der Waals surface area contributed by atoms with Gasteiger partial charge < -0.3 is 10.2 Å². The molecule has 0 atom stereocenters. The van der Waals surface area contributed by atoms with Crippen molar-refractivity contribution >= 4 is 23.4 Å². The molecule has 1 amide bonds. The summed E-state index contributed by atoms with van der Waals surface area (Å²) in [6.45, 7) is 4.39. The predicted octanol–water partition coefficient (Wildman–Crippen LogP) is 4.89. The van der Waals surface area contributed by atoms with Crippen molar-refractivity contribution in [2.24, 2.45) is 0 Å². The number of anilines is 2. The molecule has 0 radical (unpaired) electrons. The van der Waals surface area contributed by atoms with Crippen LogP contribution in [0.4, 0.5) is 11.4 Å². The van der Waals surface area contributed by atoms with Crippen molar-refractivity contribution < 1.29 is 4.79 Å². The van der Waals surface area contributed by atoms with E-state index in [-0.39, 0.29) is 5.91 Å². The summed E-state index contributed by atoms with van der Waals surface area (Å²) >= 11 is 0. The van der Waals surface area contributed by atoms with Crippen molar-refractivity contribution in [1.29, 1.82) is 0 Å². The maximum Gasteiger partial charge on any atom is 0.248 e. The predicted molar refractivity (Wildman–Crippen MR) is 106 cm³/mol. The number of hydrogen-bond donors (Lipinski definition) is 1. The third kappa shape index (κ3) is 4.96. The molecule has 2 aromatic carbocycles. The maximum atomic E-state index is 12.1. The molecule has 1 fully saturated rings. The molecular formula is C22H26N2O. The Morgan fingerprint density at radius 3 is 2.32 bits per heavy atom. The number of amides is 1. The monoisotopic (exact) mass is 334 g/mol. The van der Waals surface area contributed by atoms with Crippen LogP contribution in [0.25, 0.3) is 6.08 Å². The molecule has 1 heterocycles. The molecule has 0 aliphatic carbocycles. The van der Waals surface area contributed by atoms with Crippen LogP contribution in [0.3, 0.4) is 0 Å². The van der Waals surface area contributed by atoms with E-state index in [9.17, 15) is 4.79 Å². The zero-order chi connectivity index (χ0) is 17.5. The molecule has 3 nitrogen and oxygen atoms in total. The lowest BCUT2D eigenvalue weighted by Gasteiger charge is -2.28. The summed E-state index contributed by atoms with van der Waals surface area (Å²) in [6.07, 6.45) is 8.32. The van der Waals surface area contributed by atoms with Gasteiger partial charge in [-0.05, 0) is 67.2 Å². The Morgan fingerprint density at radius 1 is 1.00 bits per heavy atom. The molecule has 0 saturated carbocycles. The van der Waals surface area contributed by atoms with Crippen molar-refractivity contribution in [3.8, 4) is 0 Å². The van der Waals surface area contributed by atoms with E-state index < -0.39 is 0 Å². The van der Waals surface area contributed by atoms with Gasteiger partial charge in [0.2, 0.25) is 5.91 Å². The summed E-state index contributed by atoms with van der Waals surface area (Å²) < 4.78 is 0. The summed E-state index contributed by atoms with van der Waals surface area (Å²) in [7, 11) is 0. The van der Waals surface area contributed by atoms with Crippen LogP contribution < -0.4 is 10.2 Å². The lowest BCUT2D eigenvalue weighted by atomic mass is 10.1. The zero-order valence-electron chi connectivity index (χ0n) is 14.9. The number of aryl methyl sites for hydroxylation is 1. The van der Waals surface area contributed by atoms with Crippen LogP contribution in [0, 0.1) is 0 Å². The van der Waals surface area contributed by atoms with Gasteiger partial charge in [0.25, 0.3) is 0 Å². The Morgan fingerprint density at radius 2 is 1.68 bits per heavy atom. The highest BCUT2D eigenvalue weighted by atomic mass is 16.1. The molecule has 1 aliphatic heterocycles. The minimum atomic E-state index is -0.106. The summed E-state index contributed by atoms with van der Waals surface area (Å²) in [5, 5.41) is 2.92. The van der Waals surface area contributed by atoms with Gasteiger partial charge in [0.1, 0.15) is 0 Å². The van der Waals surface area contributed by atoms with E-state index in [4.69, 9.17) is 0 Å². The Balaban J connectivity index is 1.55. The van der Waals surface area contributed by atoms with Gasteiger partial charge in [-0.15, -0.1) is 0 Å². The first-order valence-electron chi connectivity index (χ1n) is 9.17. The van der Waals surface area contributed by atoms with Gasteiger partial charge in [0.15, 0.2) is 0 Å². The molecule has 1 aliphatic rings. The topological polar surface area (TPSA) is 32.3 Å². The number of carbonyl (C=O) groups excluding carboxylic acids is 1. The van der Waals surface area contributed by atoms with Crippen LogP contribution in [0.1, 0.15) is 37.3 Å². The van der Waals surface area contributed by atoms with Gasteiger partial charge >= 0.3 is 0 Å². The fourth-order valence-corrected chi connectivity index (χ4v) is 3.13. The number of rotatable bonds is 5. The lowest BCUT2D eigenvalue weighted by molar-refractivity contribution is -0.111. The first-order chi connectivity index (χ1) is 12.2. The Hall–Kier alpha value is -2.55. The highest BCUT2D eigenvalue weighted by molar-refractivity contribution is 6.02. The van der Waals surface area contributed by atoms with E-state index in [0.29, 0.717) is 0 Å².